The minimum absolute atomic E-state index is 0.0653. The first-order valence-electron chi connectivity index (χ1n) is 9.30. The highest BCUT2D eigenvalue weighted by molar-refractivity contribution is 5.95. The molecule has 1 N–H and O–H groups in total. The van der Waals surface area contributed by atoms with Gasteiger partial charge in [0, 0.05) is 41.8 Å². The molecule has 3 rings (SSSR count). The second-order valence-corrected chi connectivity index (χ2v) is 7.28. The smallest absolute Gasteiger partial charge is 0.272 e. The predicted octanol–water partition coefficient (Wildman–Crippen LogP) is 3.88. The Morgan fingerprint density at radius 3 is 2.82 bits per heavy atom. The Bertz CT molecular complexity index is 933. The van der Waals surface area contributed by atoms with E-state index in [1.807, 2.05) is 6.07 Å². The molecule has 146 valence electrons. The molecule has 0 saturated heterocycles. The Morgan fingerprint density at radius 1 is 1.39 bits per heavy atom. The first-order chi connectivity index (χ1) is 13.4. The fraction of sp³-hybridized carbons (Fsp3) is 0.318. The number of hydrazone groups is 1. The maximum absolute atomic E-state index is 12.1. The normalized spacial score (nSPS) is 15.2. The SMILES string of the molecule is CCN1c2cc(OC)c(/C=N\NC(=O)c3cccnc3)cc2C(C)=CC1(C)C. The molecule has 28 heavy (non-hydrogen) atoms. The molecule has 1 aromatic heterocycles. The molecule has 0 atom stereocenters. The van der Waals surface area contributed by atoms with Gasteiger partial charge in [-0.1, -0.05) is 6.08 Å². The van der Waals surface area contributed by atoms with Crippen LogP contribution in [0.3, 0.4) is 0 Å². The van der Waals surface area contributed by atoms with Gasteiger partial charge in [0.25, 0.3) is 5.91 Å². The zero-order chi connectivity index (χ0) is 20.3. The van der Waals surface area contributed by atoms with E-state index in [1.54, 1.807) is 31.7 Å². The van der Waals surface area contributed by atoms with Gasteiger partial charge in [-0.2, -0.15) is 5.10 Å². The fourth-order valence-corrected chi connectivity index (χ4v) is 3.70. The van der Waals surface area contributed by atoms with Gasteiger partial charge in [0.2, 0.25) is 0 Å². The number of nitrogens with zero attached hydrogens (tertiary/aromatic N) is 3. The van der Waals surface area contributed by atoms with Crippen LogP contribution in [0.25, 0.3) is 5.57 Å². The number of rotatable bonds is 5. The lowest BCUT2D eigenvalue weighted by molar-refractivity contribution is 0.0954. The van der Waals surface area contributed by atoms with E-state index in [1.165, 1.54) is 11.8 Å². The lowest BCUT2D eigenvalue weighted by Crippen LogP contribution is -2.44. The van der Waals surface area contributed by atoms with Crippen molar-refractivity contribution in [2.75, 3.05) is 18.6 Å². The number of carbonyl (C=O) groups is 1. The molecule has 0 bridgehead atoms. The number of likely N-dealkylation sites (N-methyl/N-ethyl adjacent to an activating group) is 1. The molecule has 0 aliphatic carbocycles. The largest absolute Gasteiger partial charge is 0.496 e. The van der Waals surface area contributed by atoms with Crippen molar-refractivity contribution in [3.63, 3.8) is 0 Å². The standard InChI is InChI=1S/C22H26N4O2/c1-6-26-19-11-20(28-5)17(10-18(19)15(2)12-22(26,3)4)14-24-25-21(27)16-8-7-9-23-13-16/h7-14H,6H2,1-5H3,(H,25,27)/b24-14-. The van der Waals surface area contributed by atoms with Crippen molar-refractivity contribution in [1.29, 1.82) is 0 Å². The number of allylic oxidation sites excluding steroid dienone is 1. The van der Waals surface area contributed by atoms with Crippen molar-refractivity contribution in [2.45, 2.75) is 33.2 Å². The number of carbonyl (C=O) groups excluding carboxylic acids is 1. The molecular weight excluding hydrogens is 352 g/mol. The average molecular weight is 378 g/mol. The summed E-state index contributed by atoms with van der Waals surface area (Å²) in [6, 6.07) is 7.49. The molecule has 0 radical (unpaired) electrons. The lowest BCUT2D eigenvalue weighted by atomic mass is 9.88. The molecule has 1 aliphatic rings. The van der Waals surface area contributed by atoms with Crippen LogP contribution in [0.5, 0.6) is 5.75 Å². The van der Waals surface area contributed by atoms with Gasteiger partial charge < -0.3 is 9.64 Å². The molecule has 0 saturated carbocycles. The van der Waals surface area contributed by atoms with E-state index in [0.717, 1.165) is 23.4 Å². The van der Waals surface area contributed by atoms with E-state index in [0.29, 0.717) is 11.3 Å². The molecular formula is C22H26N4O2. The summed E-state index contributed by atoms with van der Waals surface area (Å²) < 4.78 is 5.59. The molecule has 6 nitrogen and oxygen atoms in total. The second kappa shape index (κ2) is 7.84. The molecule has 0 spiro atoms. The molecule has 1 aromatic carbocycles. The average Bonchev–Trinajstić information content (AvgIpc) is 2.68. The van der Waals surface area contributed by atoms with E-state index in [2.05, 4.69) is 60.2 Å². The summed E-state index contributed by atoms with van der Waals surface area (Å²) in [4.78, 5) is 18.4. The lowest BCUT2D eigenvalue weighted by Gasteiger charge is -2.43. The monoisotopic (exact) mass is 378 g/mol. The number of nitrogens with one attached hydrogen (secondary N) is 1. The van der Waals surface area contributed by atoms with Gasteiger partial charge in [-0.05, 0) is 51.5 Å². The number of hydrogen-bond acceptors (Lipinski definition) is 5. The predicted molar refractivity (Wildman–Crippen MR) is 113 cm³/mol. The minimum atomic E-state index is -0.309. The summed E-state index contributed by atoms with van der Waals surface area (Å²) in [7, 11) is 1.64. The summed E-state index contributed by atoms with van der Waals surface area (Å²) in [5.41, 5.74) is 7.22. The van der Waals surface area contributed by atoms with E-state index in [4.69, 9.17) is 4.74 Å². The van der Waals surface area contributed by atoms with Crippen LogP contribution in [0, 0.1) is 0 Å². The van der Waals surface area contributed by atoms with Crippen LogP contribution in [-0.2, 0) is 0 Å². The van der Waals surface area contributed by atoms with Gasteiger partial charge in [0.1, 0.15) is 5.75 Å². The molecule has 2 aromatic rings. The van der Waals surface area contributed by atoms with Gasteiger partial charge >= 0.3 is 0 Å². The summed E-state index contributed by atoms with van der Waals surface area (Å²) in [5.74, 6) is 0.401. The first kappa shape index (κ1) is 19.6. The van der Waals surface area contributed by atoms with Gasteiger partial charge in [-0.3, -0.25) is 9.78 Å². The zero-order valence-electron chi connectivity index (χ0n) is 17.0. The third kappa shape index (κ3) is 3.76. The van der Waals surface area contributed by atoms with Crippen LogP contribution >= 0.6 is 0 Å². The highest BCUT2D eigenvalue weighted by atomic mass is 16.5. The van der Waals surface area contributed by atoms with Crippen molar-refractivity contribution in [2.24, 2.45) is 5.10 Å². The first-order valence-corrected chi connectivity index (χ1v) is 9.30. The number of ether oxygens (including phenoxy) is 1. The molecule has 6 heteroatoms. The van der Waals surface area contributed by atoms with E-state index >= 15 is 0 Å². The fourth-order valence-electron chi connectivity index (χ4n) is 3.70. The Balaban J connectivity index is 1.91. The number of amides is 1. The number of pyridine rings is 1. The van der Waals surface area contributed by atoms with E-state index in [-0.39, 0.29) is 11.4 Å². The van der Waals surface area contributed by atoms with Gasteiger partial charge in [0.05, 0.1) is 24.4 Å². The maximum atomic E-state index is 12.1. The molecule has 1 amide bonds. The van der Waals surface area contributed by atoms with Crippen LogP contribution in [0.15, 0.2) is 47.8 Å². The summed E-state index contributed by atoms with van der Waals surface area (Å²) in [6.45, 7) is 9.57. The van der Waals surface area contributed by atoms with Gasteiger partial charge in [-0.25, -0.2) is 5.43 Å². The zero-order valence-corrected chi connectivity index (χ0v) is 17.0. The Kier molecular flexibility index (Phi) is 5.49. The number of methoxy groups -OCH3 is 1. The van der Waals surface area contributed by atoms with Crippen LogP contribution < -0.4 is 15.1 Å². The van der Waals surface area contributed by atoms with E-state index in [9.17, 15) is 4.79 Å². The van der Waals surface area contributed by atoms with Crippen LogP contribution in [0.2, 0.25) is 0 Å². The summed E-state index contributed by atoms with van der Waals surface area (Å²) >= 11 is 0. The highest BCUT2D eigenvalue weighted by Gasteiger charge is 2.31. The molecule has 0 unspecified atom stereocenters. The molecule has 0 fully saturated rings. The van der Waals surface area contributed by atoms with E-state index < -0.39 is 0 Å². The Labute approximate surface area is 165 Å². The van der Waals surface area contributed by atoms with Crippen LogP contribution in [0.1, 0.15) is 49.2 Å². The summed E-state index contributed by atoms with van der Waals surface area (Å²) in [6.07, 6.45) is 7.00. The number of hydrogen-bond donors (Lipinski definition) is 1. The number of aromatic nitrogens is 1. The quantitative estimate of drug-likeness (QED) is 0.633. The minimum Gasteiger partial charge on any atom is -0.496 e. The topological polar surface area (TPSA) is 66.8 Å². The Hall–Kier alpha value is -3.15. The van der Waals surface area contributed by atoms with Crippen LogP contribution in [-0.4, -0.2) is 36.3 Å². The van der Waals surface area contributed by atoms with Crippen molar-refractivity contribution < 1.29 is 9.53 Å². The number of fused-ring (bicyclic) bond motifs is 1. The maximum Gasteiger partial charge on any atom is 0.272 e. The summed E-state index contributed by atoms with van der Waals surface area (Å²) in [5, 5.41) is 4.10. The van der Waals surface area contributed by atoms with Crippen molar-refractivity contribution >= 4 is 23.4 Å². The second-order valence-electron chi connectivity index (χ2n) is 7.28. The van der Waals surface area contributed by atoms with Crippen molar-refractivity contribution in [3.05, 3.63) is 59.4 Å². The Morgan fingerprint density at radius 2 is 2.18 bits per heavy atom. The molecule has 2 heterocycles. The molecule has 1 aliphatic heterocycles. The van der Waals surface area contributed by atoms with Crippen molar-refractivity contribution in [1.82, 2.24) is 10.4 Å². The number of anilines is 1. The van der Waals surface area contributed by atoms with Crippen molar-refractivity contribution in [3.8, 4) is 5.75 Å². The third-order valence-corrected chi connectivity index (χ3v) is 4.94. The number of benzene rings is 1. The highest BCUT2D eigenvalue weighted by Crippen LogP contribution is 2.41. The van der Waals surface area contributed by atoms with Gasteiger partial charge in [-0.15, -0.1) is 0 Å². The van der Waals surface area contributed by atoms with Crippen LogP contribution in [0.4, 0.5) is 5.69 Å². The van der Waals surface area contributed by atoms with Gasteiger partial charge in [0.15, 0.2) is 0 Å². The third-order valence-electron chi connectivity index (χ3n) is 4.94.